The van der Waals surface area contributed by atoms with Crippen molar-refractivity contribution < 1.29 is 14.7 Å². The zero-order valence-electron chi connectivity index (χ0n) is 10.3. The molecule has 0 aliphatic heterocycles. The van der Waals surface area contributed by atoms with Gasteiger partial charge in [0.05, 0.1) is 0 Å². The van der Waals surface area contributed by atoms with Crippen LogP contribution in [0, 0.1) is 5.41 Å². The first-order chi connectivity index (χ1) is 7.41. The summed E-state index contributed by atoms with van der Waals surface area (Å²) < 4.78 is 0. The van der Waals surface area contributed by atoms with Gasteiger partial charge in [0, 0.05) is 12.6 Å². The average Bonchev–Trinajstić information content (AvgIpc) is 2.71. The van der Waals surface area contributed by atoms with Crippen LogP contribution in [0.5, 0.6) is 0 Å². The van der Waals surface area contributed by atoms with Gasteiger partial charge in [-0.3, -0.25) is 9.59 Å². The first kappa shape index (κ1) is 13.0. The second-order valence-electron chi connectivity index (χ2n) is 4.96. The van der Waals surface area contributed by atoms with Crippen molar-refractivity contribution >= 4 is 11.9 Å². The van der Waals surface area contributed by atoms with E-state index in [9.17, 15) is 9.59 Å². The van der Waals surface area contributed by atoms with Gasteiger partial charge >= 0.3 is 5.97 Å². The van der Waals surface area contributed by atoms with Gasteiger partial charge in [0.2, 0.25) is 5.91 Å². The third-order valence-corrected chi connectivity index (χ3v) is 3.44. The molecule has 1 N–H and O–H groups in total. The normalized spacial score (nSPS) is 17.4. The number of aliphatic carboxylic acids is 1. The highest BCUT2D eigenvalue weighted by molar-refractivity contribution is 6.01. The van der Waals surface area contributed by atoms with Crippen LogP contribution in [0.4, 0.5) is 0 Å². The highest BCUT2D eigenvalue weighted by Crippen LogP contribution is 2.28. The van der Waals surface area contributed by atoms with Gasteiger partial charge < -0.3 is 10.0 Å². The Kier molecular flexibility index (Phi) is 3.94. The second-order valence-corrected chi connectivity index (χ2v) is 4.96. The maximum atomic E-state index is 12.2. The number of carbonyl (C=O) groups is 2. The van der Waals surface area contributed by atoms with E-state index in [2.05, 4.69) is 0 Å². The summed E-state index contributed by atoms with van der Waals surface area (Å²) in [4.78, 5) is 25.0. The van der Waals surface area contributed by atoms with E-state index in [0.717, 1.165) is 25.7 Å². The summed E-state index contributed by atoms with van der Waals surface area (Å²) in [5.74, 6) is -1.30. The molecule has 1 fully saturated rings. The summed E-state index contributed by atoms with van der Waals surface area (Å²) in [6.07, 6.45) is 4.30. The fourth-order valence-electron chi connectivity index (χ4n) is 2.23. The molecule has 1 aliphatic rings. The largest absolute Gasteiger partial charge is 0.480 e. The third kappa shape index (κ3) is 2.36. The lowest BCUT2D eigenvalue weighted by molar-refractivity contribution is -0.159. The van der Waals surface area contributed by atoms with E-state index in [1.54, 1.807) is 4.90 Å². The fraction of sp³-hybridized carbons (Fsp3) is 0.833. The van der Waals surface area contributed by atoms with E-state index in [4.69, 9.17) is 5.11 Å². The van der Waals surface area contributed by atoms with Crippen LogP contribution in [0.1, 0.15) is 46.5 Å². The SMILES string of the molecule is CCN(C(=O)C(C)(C)C(=O)O)C1CCCC1. The molecule has 0 bridgehead atoms. The van der Waals surface area contributed by atoms with Crippen LogP contribution in [-0.2, 0) is 9.59 Å². The fourth-order valence-corrected chi connectivity index (χ4v) is 2.23. The maximum Gasteiger partial charge on any atom is 0.318 e. The van der Waals surface area contributed by atoms with Crippen molar-refractivity contribution in [3.63, 3.8) is 0 Å². The number of carbonyl (C=O) groups excluding carboxylic acids is 1. The molecule has 0 aromatic rings. The van der Waals surface area contributed by atoms with Crippen LogP contribution in [0.2, 0.25) is 0 Å². The van der Waals surface area contributed by atoms with Crippen LogP contribution in [0.25, 0.3) is 0 Å². The Labute approximate surface area is 96.6 Å². The standard InChI is InChI=1S/C12H21NO3/c1-4-13(9-7-5-6-8-9)10(14)12(2,3)11(15)16/h9H,4-8H2,1-3H3,(H,15,16). The van der Waals surface area contributed by atoms with Crippen LogP contribution in [0.15, 0.2) is 0 Å². The number of carboxylic acid groups (broad SMARTS) is 1. The van der Waals surface area contributed by atoms with E-state index in [-0.39, 0.29) is 11.9 Å². The van der Waals surface area contributed by atoms with E-state index in [1.165, 1.54) is 13.8 Å². The highest BCUT2D eigenvalue weighted by Gasteiger charge is 2.41. The van der Waals surface area contributed by atoms with Gasteiger partial charge in [-0.05, 0) is 33.6 Å². The molecule has 1 rings (SSSR count). The minimum atomic E-state index is -1.31. The molecule has 0 spiro atoms. The Hall–Kier alpha value is -1.06. The molecule has 92 valence electrons. The van der Waals surface area contributed by atoms with Gasteiger partial charge in [-0.25, -0.2) is 0 Å². The molecular formula is C12H21NO3. The van der Waals surface area contributed by atoms with Crippen molar-refractivity contribution in [2.45, 2.75) is 52.5 Å². The number of carboxylic acids is 1. The summed E-state index contributed by atoms with van der Waals surface area (Å²) in [6.45, 7) is 5.47. The zero-order valence-corrected chi connectivity index (χ0v) is 10.3. The molecule has 1 saturated carbocycles. The van der Waals surface area contributed by atoms with E-state index in [1.807, 2.05) is 6.92 Å². The van der Waals surface area contributed by atoms with Crippen molar-refractivity contribution in [3.8, 4) is 0 Å². The van der Waals surface area contributed by atoms with Gasteiger partial charge in [-0.15, -0.1) is 0 Å². The van der Waals surface area contributed by atoms with Crippen LogP contribution in [0.3, 0.4) is 0 Å². The topological polar surface area (TPSA) is 57.6 Å². The third-order valence-electron chi connectivity index (χ3n) is 3.44. The molecule has 0 heterocycles. The van der Waals surface area contributed by atoms with Gasteiger partial charge in [-0.2, -0.15) is 0 Å². The number of hydrogen-bond acceptors (Lipinski definition) is 2. The lowest BCUT2D eigenvalue weighted by Crippen LogP contribution is -2.48. The minimum absolute atomic E-state index is 0.246. The second kappa shape index (κ2) is 4.85. The number of hydrogen-bond donors (Lipinski definition) is 1. The number of rotatable bonds is 4. The Balaban J connectivity index is 2.80. The monoisotopic (exact) mass is 227 g/mol. The summed E-state index contributed by atoms with van der Waals surface area (Å²) in [5, 5.41) is 9.05. The molecule has 0 unspecified atom stereocenters. The molecule has 0 aromatic heterocycles. The number of nitrogens with zero attached hydrogens (tertiary/aromatic N) is 1. The van der Waals surface area contributed by atoms with Crippen molar-refractivity contribution in [3.05, 3.63) is 0 Å². The Morgan fingerprint density at radius 2 is 1.81 bits per heavy atom. The van der Waals surface area contributed by atoms with Crippen LogP contribution >= 0.6 is 0 Å². The summed E-state index contributed by atoms with van der Waals surface area (Å²) in [6, 6.07) is 0.246. The Bertz CT molecular complexity index is 280. The molecule has 16 heavy (non-hydrogen) atoms. The molecular weight excluding hydrogens is 206 g/mol. The molecule has 0 atom stereocenters. The van der Waals surface area contributed by atoms with Crippen LogP contribution in [-0.4, -0.2) is 34.5 Å². The predicted octanol–water partition coefficient (Wildman–Crippen LogP) is 1.89. The van der Waals surface area contributed by atoms with Crippen molar-refractivity contribution in [1.82, 2.24) is 4.90 Å². The zero-order chi connectivity index (χ0) is 12.3. The van der Waals surface area contributed by atoms with E-state index < -0.39 is 11.4 Å². The van der Waals surface area contributed by atoms with E-state index >= 15 is 0 Å². The van der Waals surface area contributed by atoms with Crippen molar-refractivity contribution in [1.29, 1.82) is 0 Å². The van der Waals surface area contributed by atoms with Crippen LogP contribution < -0.4 is 0 Å². The Morgan fingerprint density at radius 1 is 1.31 bits per heavy atom. The molecule has 0 aromatic carbocycles. The first-order valence-corrected chi connectivity index (χ1v) is 5.95. The van der Waals surface area contributed by atoms with E-state index in [0.29, 0.717) is 6.54 Å². The lowest BCUT2D eigenvalue weighted by atomic mass is 9.91. The van der Waals surface area contributed by atoms with Gasteiger partial charge in [-0.1, -0.05) is 12.8 Å². The molecule has 1 amide bonds. The average molecular weight is 227 g/mol. The predicted molar refractivity (Wildman–Crippen MR) is 61.1 cm³/mol. The molecule has 4 nitrogen and oxygen atoms in total. The molecule has 4 heteroatoms. The summed E-state index contributed by atoms with van der Waals surface area (Å²) in [7, 11) is 0. The highest BCUT2D eigenvalue weighted by atomic mass is 16.4. The van der Waals surface area contributed by atoms with Gasteiger partial charge in [0.15, 0.2) is 0 Å². The molecule has 0 saturated heterocycles. The first-order valence-electron chi connectivity index (χ1n) is 5.95. The lowest BCUT2D eigenvalue weighted by Gasteiger charge is -2.33. The summed E-state index contributed by atoms with van der Waals surface area (Å²) >= 11 is 0. The van der Waals surface area contributed by atoms with Gasteiger partial charge in [0.25, 0.3) is 0 Å². The molecule has 1 aliphatic carbocycles. The smallest absolute Gasteiger partial charge is 0.318 e. The van der Waals surface area contributed by atoms with Crippen molar-refractivity contribution in [2.75, 3.05) is 6.54 Å². The summed E-state index contributed by atoms with van der Waals surface area (Å²) in [5.41, 5.74) is -1.31. The van der Waals surface area contributed by atoms with Crippen molar-refractivity contribution in [2.24, 2.45) is 5.41 Å². The molecule has 0 radical (unpaired) electrons. The minimum Gasteiger partial charge on any atom is -0.480 e. The number of amides is 1. The Morgan fingerprint density at radius 3 is 2.19 bits per heavy atom. The maximum absolute atomic E-state index is 12.2. The van der Waals surface area contributed by atoms with Gasteiger partial charge in [0.1, 0.15) is 5.41 Å². The quantitative estimate of drug-likeness (QED) is 0.746.